The summed E-state index contributed by atoms with van der Waals surface area (Å²) in [5, 5.41) is 5.33. The van der Waals surface area contributed by atoms with E-state index in [1.807, 2.05) is 26.0 Å². The lowest BCUT2D eigenvalue weighted by molar-refractivity contribution is 0.583. The number of nitrogens with two attached hydrogens (primary N) is 1. The third-order valence-electron chi connectivity index (χ3n) is 3.60. The van der Waals surface area contributed by atoms with Crippen molar-refractivity contribution in [2.24, 2.45) is 5.73 Å². The zero-order valence-corrected chi connectivity index (χ0v) is 13.3. The van der Waals surface area contributed by atoms with E-state index in [4.69, 9.17) is 17.3 Å². The van der Waals surface area contributed by atoms with E-state index in [-0.39, 0.29) is 6.04 Å². The minimum absolute atomic E-state index is 0.0541. The lowest BCUT2D eigenvalue weighted by Gasteiger charge is -2.10. The Morgan fingerprint density at radius 3 is 2.60 bits per heavy atom. The Hall–Kier alpha value is -1.32. The van der Waals surface area contributed by atoms with Crippen LogP contribution in [0.3, 0.4) is 0 Å². The number of rotatable bonds is 4. The van der Waals surface area contributed by atoms with Gasteiger partial charge in [0.15, 0.2) is 0 Å². The highest BCUT2D eigenvalue weighted by Gasteiger charge is 2.15. The Balaban J connectivity index is 2.49. The molecule has 0 saturated carbocycles. The first kappa shape index (κ1) is 15.1. The van der Waals surface area contributed by atoms with E-state index in [9.17, 15) is 0 Å². The summed E-state index contributed by atoms with van der Waals surface area (Å²) in [5.74, 6) is 0. The normalized spacial score (nSPS) is 12.7. The third-order valence-corrected chi connectivity index (χ3v) is 3.92. The van der Waals surface area contributed by atoms with Crippen LogP contribution < -0.4 is 5.73 Å². The van der Waals surface area contributed by atoms with Gasteiger partial charge in [-0.25, -0.2) is 0 Å². The smallest absolute Gasteiger partial charge is 0.0674 e. The summed E-state index contributed by atoms with van der Waals surface area (Å²) in [4.78, 5) is 0. The molecular formula is C16H22ClN3. The zero-order valence-electron chi connectivity index (χ0n) is 12.6. The molecule has 1 heterocycles. The molecule has 108 valence electrons. The number of benzene rings is 1. The van der Waals surface area contributed by atoms with Crippen LogP contribution in [0.2, 0.25) is 5.02 Å². The standard InChI is InChI=1S/C16H22ClN3/c1-5-8-20-12(4)16(11(3)19-20)13-6-7-14(10(2)18)15(17)9-13/h6-7,9-10H,5,8,18H2,1-4H3. The van der Waals surface area contributed by atoms with Crippen molar-refractivity contribution < 1.29 is 0 Å². The molecule has 2 rings (SSSR count). The van der Waals surface area contributed by atoms with Crippen LogP contribution in [0.1, 0.15) is 43.3 Å². The van der Waals surface area contributed by atoms with Gasteiger partial charge in [-0.05, 0) is 44.4 Å². The average molecular weight is 292 g/mol. The van der Waals surface area contributed by atoms with E-state index >= 15 is 0 Å². The highest BCUT2D eigenvalue weighted by Crippen LogP contribution is 2.32. The predicted molar refractivity (Wildman–Crippen MR) is 85.0 cm³/mol. The van der Waals surface area contributed by atoms with E-state index in [1.165, 1.54) is 11.3 Å². The summed E-state index contributed by atoms with van der Waals surface area (Å²) in [6.07, 6.45) is 1.08. The summed E-state index contributed by atoms with van der Waals surface area (Å²) in [6.45, 7) is 9.19. The Morgan fingerprint density at radius 1 is 1.35 bits per heavy atom. The maximum atomic E-state index is 6.34. The van der Waals surface area contributed by atoms with Gasteiger partial charge in [-0.3, -0.25) is 4.68 Å². The van der Waals surface area contributed by atoms with Crippen molar-refractivity contribution in [3.8, 4) is 11.1 Å². The van der Waals surface area contributed by atoms with E-state index in [1.54, 1.807) is 0 Å². The lowest BCUT2D eigenvalue weighted by atomic mass is 10.00. The molecule has 0 radical (unpaired) electrons. The van der Waals surface area contributed by atoms with Crippen LogP contribution in [-0.4, -0.2) is 9.78 Å². The van der Waals surface area contributed by atoms with Gasteiger partial charge in [0.05, 0.1) is 5.69 Å². The number of aryl methyl sites for hydroxylation is 2. The SMILES string of the molecule is CCCn1nc(C)c(-c2ccc(C(C)N)c(Cl)c2)c1C. The maximum Gasteiger partial charge on any atom is 0.0674 e. The van der Waals surface area contributed by atoms with Crippen molar-refractivity contribution in [1.82, 2.24) is 9.78 Å². The molecule has 0 spiro atoms. The molecule has 1 unspecified atom stereocenters. The van der Waals surface area contributed by atoms with Gasteiger partial charge in [-0.1, -0.05) is 30.7 Å². The minimum atomic E-state index is -0.0541. The van der Waals surface area contributed by atoms with Crippen molar-refractivity contribution >= 4 is 11.6 Å². The zero-order chi connectivity index (χ0) is 14.9. The minimum Gasteiger partial charge on any atom is -0.324 e. The fourth-order valence-electron chi connectivity index (χ4n) is 2.60. The molecule has 0 aliphatic heterocycles. The first-order chi connectivity index (χ1) is 9.45. The van der Waals surface area contributed by atoms with Gasteiger partial charge in [0.2, 0.25) is 0 Å². The van der Waals surface area contributed by atoms with Crippen molar-refractivity contribution in [2.75, 3.05) is 0 Å². The maximum absolute atomic E-state index is 6.34. The van der Waals surface area contributed by atoms with Crippen molar-refractivity contribution in [3.05, 3.63) is 40.2 Å². The molecular weight excluding hydrogens is 270 g/mol. The summed E-state index contributed by atoms with van der Waals surface area (Å²) < 4.78 is 2.07. The van der Waals surface area contributed by atoms with E-state index in [0.29, 0.717) is 0 Å². The lowest BCUT2D eigenvalue weighted by Crippen LogP contribution is -2.05. The number of hydrogen-bond acceptors (Lipinski definition) is 2. The Labute approximate surface area is 125 Å². The summed E-state index contributed by atoms with van der Waals surface area (Å²) >= 11 is 6.34. The number of nitrogens with zero attached hydrogens (tertiary/aromatic N) is 2. The molecule has 0 bridgehead atoms. The molecule has 1 aromatic heterocycles. The molecule has 2 N–H and O–H groups in total. The van der Waals surface area contributed by atoms with E-state index < -0.39 is 0 Å². The molecule has 0 aliphatic rings. The fraction of sp³-hybridized carbons (Fsp3) is 0.438. The van der Waals surface area contributed by atoms with Crippen LogP contribution in [-0.2, 0) is 6.54 Å². The molecule has 3 nitrogen and oxygen atoms in total. The molecule has 0 saturated heterocycles. The van der Waals surface area contributed by atoms with Gasteiger partial charge in [0.25, 0.3) is 0 Å². The van der Waals surface area contributed by atoms with E-state index in [0.717, 1.165) is 34.8 Å². The summed E-state index contributed by atoms with van der Waals surface area (Å²) in [7, 11) is 0. The molecule has 1 atom stereocenters. The summed E-state index contributed by atoms with van der Waals surface area (Å²) in [6, 6.07) is 6.03. The highest BCUT2D eigenvalue weighted by molar-refractivity contribution is 6.31. The van der Waals surface area contributed by atoms with Gasteiger partial charge >= 0.3 is 0 Å². The Bertz CT molecular complexity index is 614. The van der Waals surface area contributed by atoms with Gasteiger partial charge in [0, 0.05) is 28.9 Å². The van der Waals surface area contributed by atoms with Gasteiger partial charge in [0.1, 0.15) is 0 Å². The second-order valence-corrected chi connectivity index (χ2v) is 5.70. The molecule has 4 heteroatoms. The molecule has 0 fully saturated rings. The Kier molecular flexibility index (Phi) is 4.51. The van der Waals surface area contributed by atoms with Crippen LogP contribution in [0.25, 0.3) is 11.1 Å². The quantitative estimate of drug-likeness (QED) is 0.915. The second kappa shape index (κ2) is 5.98. The average Bonchev–Trinajstić information content (AvgIpc) is 2.64. The van der Waals surface area contributed by atoms with Gasteiger partial charge in [-0.15, -0.1) is 0 Å². The number of hydrogen-bond donors (Lipinski definition) is 1. The highest BCUT2D eigenvalue weighted by atomic mass is 35.5. The van der Waals surface area contributed by atoms with Crippen LogP contribution in [0.15, 0.2) is 18.2 Å². The van der Waals surface area contributed by atoms with Crippen LogP contribution in [0, 0.1) is 13.8 Å². The van der Waals surface area contributed by atoms with Gasteiger partial charge < -0.3 is 5.73 Å². The monoisotopic (exact) mass is 291 g/mol. The topological polar surface area (TPSA) is 43.8 Å². The van der Waals surface area contributed by atoms with E-state index in [2.05, 4.69) is 29.7 Å². The summed E-state index contributed by atoms with van der Waals surface area (Å²) in [5.41, 5.74) is 11.4. The predicted octanol–water partition coefficient (Wildman–Crippen LogP) is 4.25. The van der Waals surface area contributed by atoms with Crippen LogP contribution in [0.5, 0.6) is 0 Å². The van der Waals surface area contributed by atoms with Gasteiger partial charge in [-0.2, -0.15) is 5.10 Å². The molecule has 1 aromatic carbocycles. The van der Waals surface area contributed by atoms with Crippen molar-refractivity contribution in [3.63, 3.8) is 0 Å². The fourth-order valence-corrected chi connectivity index (χ4v) is 2.95. The molecule has 0 amide bonds. The van der Waals surface area contributed by atoms with Crippen molar-refractivity contribution in [2.45, 2.75) is 46.7 Å². The first-order valence-corrected chi connectivity index (χ1v) is 7.42. The first-order valence-electron chi connectivity index (χ1n) is 7.05. The Morgan fingerprint density at radius 2 is 2.05 bits per heavy atom. The molecule has 0 aliphatic carbocycles. The van der Waals surface area contributed by atoms with Crippen LogP contribution >= 0.6 is 11.6 Å². The largest absolute Gasteiger partial charge is 0.324 e. The van der Waals surface area contributed by atoms with Crippen molar-refractivity contribution in [1.29, 1.82) is 0 Å². The number of aromatic nitrogens is 2. The number of halogens is 1. The van der Waals surface area contributed by atoms with Crippen LogP contribution in [0.4, 0.5) is 0 Å². The molecule has 20 heavy (non-hydrogen) atoms. The molecule has 2 aromatic rings. The second-order valence-electron chi connectivity index (χ2n) is 5.29. The third kappa shape index (κ3) is 2.74.